The lowest BCUT2D eigenvalue weighted by molar-refractivity contribution is -0.150. The number of carboxylic acids is 1. The maximum absolute atomic E-state index is 13.2. The third-order valence-electron chi connectivity index (χ3n) is 5.25. The lowest BCUT2D eigenvalue weighted by Gasteiger charge is -2.49. The van der Waals surface area contributed by atoms with E-state index in [2.05, 4.69) is 36.1 Å². The fourth-order valence-corrected chi connectivity index (χ4v) is 7.19. The molecule has 0 radical (unpaired) electrons. The Labute approximate surface area is 235 Å². The summed E-state index contributed by atoms with van der Waals surface area (Å²) in [5, 5.41) is 31.2. The molecule has 5 heterocycles. The van der Waals surface area contributed by atoms with Gasteiger partial charge in [-0.15, -0.1) is 33.3 Å². The first-order valence-electron chi connectivity index (χ1n) is 10.8. The van der Waals surface area contributed by atoms with Crippen LogP contribution in [0.1, 0.15) is 11.4 Å². The topological polar surface area (TPSA) is 202 Å². The molecule has 1 saturated heterocycles. The third-order valence-corrected chi connectivity index (χ3v) is 9.31. The zero-order chi connectivity index (χ0) is 27.4. The quantitative estimate of drug-likeness (QED) is 0.0865. The van der Waals surface area contributed by atoms with Gasteiger partial charge < -0.3 is 25.1 Å². The second-order valence-electron chi connectivity index (χ2n) is 7.62. The van der Waals surface area contributed by atoms with Crippen LogP contribution in [0.3, 0.4) is 0 Å². The molecule has 0 spiro atoms. The summed E-state index contributed by atoms with van der Waals surface area (Å²) in [6.45, 7) is -0.101. The Bertz CT molecular complexity index is 1440. The Morgan fingerprint density at radius 3 is 2.97 bits per heavy atom. The molecule has 3 aromatic rings. The zero-order valence-corrected chi connectivity index (χ0v) is 22.6. The van der Waals surface area contributed by atoms with Gasteiger partial charge in [-0.2, -0.15) is 0 Å². The number of thiazole rings is 1. The van der Waals surface area contributed by atoms with Crippen molar-refractivity contribution in [3.8, 4) is 0 Å². The summed E-state index contributed by atoms with van der Waals surface area (Å²) < 4.78 is 5.42. The van der Waals surface area contributed by atoms with Crippen LogP contribution in [0.2, 0.25) is 0 Å². The number of aromatic nitrogens is 4. The lowest BCUT2D eigenvalue weighted by Crippen LogP contribution is -2.71. The molecule has 39 heavy (non-hydrogen) atoms. The second kappa shape index (κ2) is 11.9. The van der Waals surface area contributed by atoms with Crippen molar-refractivity contribution in [3.05, 3.63) is 45.9 Å². The summed E-state index contributed by atoms with van der Waals surface area (Å²) in [6, 6.07) is 0.557. The van der Waals surface area contributed by atoms with Crippen molar-refractivity contribution in [3.63, 3.8) is 0 Å². The number of fused-ring (bicyclic) bond motifs is 1. The number of nitrogens with zero attached hydrogens (tertiary/aromatic N) is 6. The maximum Gasteiger partial charge on any atom is 0.352 e. The van der Waals surface area contributed by atoms with Crippen molar-refractivity contribution in [2.45, 2.75) is 22.4 Å². The van der Waals surface area contributed by atoms with E-state index in [4.69, 9.17) is 9.36 Å². The highest BCUT2D eigenvalue weighted by Gasteiger charge is 2.54. The fourth-order valence-electron chi connectivity index (χ4n) is 3.56. The molecule has 3 N–H and O–H groups in total. The number of carboxylic acid groups (broad SMARTS) is 1. The standard InChI is InChI=1S/C20H16N8O7S4/c29-7-21-19-23-11(6-37-19)12(27-35-3-10-1-2-34-26-10)15(30)24-13-16(31)28-14(18(32)33)9(4-36-17(13)28)5-38-20-25-22-8-39-20/h1-2,6-8,13,17H,3-5H2,(H,24,30)(H,32,33)(H,21,23,29)/b27-12-/t13?,17-/m1/s1. The number of rotatable bonds is 12. The monoisotopic (exact) mass is 608 g/mol. The summed E-state index contributed by atoms with van der Waals surface area (Å²) in [7, 11) is 0. The maximum atomic E-state index is 13.2. The SMILES string of the molecule is O=CNc1nc(/C(=N/OCc2ccon2)C(=O)NC2C(=O)N3C(C(=O)O)=C(CSc4nncs4)CS[C@H]23)cs1. The van der Waals surface area contributed by atoms with Crippen LogP contribution < -0.4 is 10.6 Å². The van der Waals surface area contributed by atoms with Crippen LogP contribution in [0.4, 0.5) is 5.13 Å². The number of hydrogen-bond acceptors (Lipinski definition) is 15. The molecule has 2 aliphatic rings. The van der Waals surface area contributed by atoms with Gasteiger partial charge in [-0.05, 0) is 5.57 Å². The lowest BCUT2D eigenvalue weighted by atomic mass is 10.0. The van der Waals surface area contributed by atoms with Gasteiger partial charge >= 0.3 is 5.97 Å². The van der Waals surface area contributed by atoms with E-state index in [9.17, 15) is 24.3 Å². The number of carbonyl (C=O) groups is 4. The minimum atomic E-state index is -1.23. The van der Waals surface area contributed by atoms with Crippen LogP contribution in [0.25, 0.3) is 0 Å². The highest BCUT2D eigenvalue weighted by Crippen LogP contribution is 2.41. The summed E-state index contributed by atoms with van der Waals surface area (Å²) in [5.74, 6) is -1.88. The van der Waals surface area contributed by atoms with Crippen molar-refractivity contribution in [2.24, 2.45) is 5.16 Å². The normalized spacial score (nSPS) is 18.8. The number of β-lactam (4-membered cyclic amide) rings is 1. The van der Waals surface area contributed by atoms with E-state index in [1.54, 1.807) is 11.6 Å². The molecule has 202 valence electrons. The molecule has 15 nitrogen and oxygen atoms in total. The highest BCUT2D eigenvalue weighted by molar-refractivity contribution is 8.01. The van der Waals surface area contributed by atoms with E-state index in [1.807, 2.05) is 0 Å². The molecule has 2 aliphatic heterocycles. The van der Waals surface area contributed by atoms with Gasteiger partial charge in [0.05, 0.1) is 0 Å². The largest absolute Gasteiger partial charge is 0.477 e. The van der Waals surface area contributed by atoms with Crippen LogP contribution in [0.15, 0.2) is 48.5 Å². The number of anilines is 1. The molecule has 5 rings (SSSR count). The first-order chi connectivity index (χ1) is 19.0. The third kappa shape index (κ3) is 5.79. The molecule has 1 fully saturated rings. The van der Waals surface area contributed by atoms with Crippen molar-refractivity contribution < 1.29 is 33.6 Å². The van der Waals surface area contributed by atoms with Crippen LogP contribution in [0, 0.1) is 0 Å². The summed E-state index contributed by atoms with van der Waals surface area (Å²) >= 11 is 5.07. The summed E-state index contributed by atoms with van der Waals surface area (Å²) in [4.78, 5) is 59.7. The molecular formula is C20H16N8O7S4. The van der Waals surface area contributed by atoms with Gasteiger partial charge in [0.2, 0.25) is 6.41 Å². The molecule has 0 aliphatic carbocycles. The first kappa shape index (κ1) is 26.8. The average Bonchev–Trinajstić information content (AvgIpc) is 3.72. The molecule has 2 atom stereocenters. The molecule has 0 aromatic carbocycles. The molecule has 3 amide bonds. The number of oxime groups is 1. The fraction of sp³-hybridized carbons (Fsp3) is 0.250. The van der Waals surface area contributed by atoms with Crippen molar-refractivity contribution >= 4 is 81.2 Å². The van der Waals surface area contributed by atoms with Gasteiger partial charge in [0.1, 0.15) is 40.3 Å². The minimum absolute atomic E-state index is 0.0971. The van der Waals surface area contributed by atoms with E-state index in [-0.39, 0.29) is 28.8 Å². The van der Waals surface area contributed by atoms with Crippen molar-refractivity contribution in [1.82, 2.24) is 30.6 Å². The molecule has 3 aromatic heterocycles. The van der Waals surface area contributed by atoms with Crippen LogP contribution >= 0.6 is 46.2 Å². The Hall–Kier alpha value is -3.81. The van der Waals surface area contributed by atoms with Crippen molar-refractivity contribution in [1.29, 1.82) is 0 Å². The molecule has 0 saturated carbocycles. The van der Waals surface area contributed by atoms with Gasteiger partial charge in [0.15, 0.2) is 21.8 Å². The second-order valence-corrected chi connectivity index (χ2v) is 11.6. The molecule has 0 bridgehead atoms. The van der Waals surface area contributed by atoms with Gasteiger partial charge in [0.25, 0.3) is 11.8 Å². The Balaban J connectivity index is 1.31. The number of thioether (sulfide) groups is 2. The molecular weight excluding hydrogens is 593 g/mol. The number of hydrogen-bond donors (Lipinski definition) is 3. The Kier molecular flexibility index (Phi) is 8.19. The van der Waals surface area contributed by atoms with Crippen molar-refractivity contribution in [2.75, 3.05) is 16.8 Å². The van der Waals surface area contributed by atoms with E-state index in [0.29, 0.717) is 33.5 Å². The van der Waals surface area contributed by atoms with E-state index >= 15 is 0 Å². The van der Waals surface area contributed by atoms with E-state index < -0.39 is 29.2 Å². The highest BCUT2D eigenvalue weighted by atomic mass is 32.2. The number of amides is 3. The molecule has 1 unspecified atom stereocenters. The van der Waals surface area contributed by atoms with Gasteiger partial charge in [-0.25, -0.2) is 9.78 Å². The van der Waals surface area contributed by atoms with Gasteiger partial charge in [-0.3, -0.25) is 19.3 Å². The predicted molar refractivity (Wildman–Crippen MR) is 140 cm³/mol. The van der Waals surface area contributed by atoms with Gasteiger partial charge in [0, 0.05) is 23.0 Å². The van der Waals surface area contributed by atoms with Gasteiger partial charge in [-0.1, -0.05) is 33.4 Å². The minimum Gasteiger partial charge on any atom is -0.477 e. The summed E-state index contributed by atoms with van der Waals surface area (Å²) in [6.07, 6.45) is 1.79. The number of carbonyl (C=O) groups excluding carboxylic acids is 3. The Morgan fingerprint density at radius 2 is 2.26 bits per heavy atom. The summed E-state index contributed by atoms with van der Waals surface area (Å²) in [5.41, 5.74) is 2.34. The molecule has 19 heteroatoms. The number of nitrogens with one attached hydrogen (secondary N) is 2. The first-order valence-corrected chi connectivity index (χ1v) is 14.6. The van der Waals surface area contributed by atoms with Crippen LogP contribution in [0.5, 0.6) is 0 Å². The number of aliphatic carboxylic acids is 1. The predicted octanol–water partition coefficient (Wildman–Crippen LogP) is 1.00. The van der Waals surface area contributed by atoms with Crippen LogP contribution in [-0.4, -0.2) is 83.2 Å². The Morgan fingerprint density at radius 1 is 1.38 bits per heavy atom. The zero-order valence-electron chi connectivity index (χ0n) is 19.4. The van der Waals surface area contributed by atoms with E-state index in [1.165, 1.54) is 51.4 Å². The van der Waals surface area contributed by atoms with Crippen LogP contribution in [-0.2, 0) is 30.6 Å². The van der Waals surface area contributed by atoms with E-state index in [0.717, 1.165) is 11.3 Å². The smallest absolute Gasteiger partial charge is 0.352 e. The average molecular weight is 609 g/mol.